The van der Waals surface area contributed by atoms with E-state index in [-0.39, 0.29) is 18.7 Å². The van der Waals surface area contributed by atoms with Crippen LogP contribution in [0, 0.1) is 5.92 Å². The Balaban J connectivity index is 1.89. The molecule has 1 atom stereocenters. The Labute approximate surface area is 113 Å². The molecule has 0 aromatic heterocycles. The molecule has 2 rings (SSSR count). The van der Waals surface area contributed by atoms with Crippen molar-refractivity contribution in [2.75, 3.05) is 19.8 Å². The zero-order valence-electron chi connectivity index (χ0n) is 11.3. The minimum Gasteiger partial charge on any atom is -0.480 e. The third kappa shape index (κ3) is 3.59. The number of amides is 2. The molecule has 0 spiro atoms. The first-order valence-corrected chi connectivity index (χ1v) is 6.95. The van der Waals surface area contributed by atoms with Crippen molar-refractivity contribution in [2.45, 2.75) is 44.7 Å². The van der Waals surface area contributed by atoms with Gasteiger partial charge in [0.15, 0.2) is 6.04 Å². The maximum atomic E-state index is 12.2. The number of hydrogen-bond donors (Lipinski definition) is 2. The quantitative estimate of drug-likeness (QED) is 0.786. The number of nitrogens with one attached hydrogen (secondary N) is 1. The lowest BCUT2D eigenvalue weighted by atomic mass is 9.87. The SMILES string of the molecule is CC1CCC(NC(=O)N2CCOCC2C(=O)O)CC1. The van der Waals surface area contributed by atoms with E-state index in [9.17, 15) is 9.59 Å². The molecule has 0 radical (unpaired) electrons. The number of nitrogens with zero attached hydrogens (tertiary/aromatic N) is 1. The van der Waals surface area contributed by atoms with E-state index >= 15 is 0 Å². The number of aliphatic carboxylic acids is 1. The fourth-order valence-electron chi connectivity index (χ4n) is 2.71. The fraction of sp³-hybridized carbons (Fsp3) is 0.846. The summed E-state index contributed by atoms with van der Waals surface area (Å²) in [7, 11) is 0. The molecule has 1 unspecified atom stereocenters. The third-order valence-electron chi connectivity index (χ3n) is 4.02. The van der Waals surface area contributed by atoms with Crippen LogP contribution in [0.15, 0.2) is 0 Å². The number of carboxylic acid groups (broad SMARTS) is 1. The van der Waals surface area contributed by atoms with Gasteiger partial charge in [-0.25, -0.2) is 9.59 Å². The summed E-state index contributed by atoms with van der Waals surface area (Å²) >= 11 is 0. The molecule has 2 fully saturated rings. The van der Waals surface area contributed by atoms with Crippen LogP contribution >= 0.6 is 0 Å². The molecule has 1 aliphatic heterocycles. The van der Waals surface area contributed by atoms with E-state index < -0.39 is 12.0 Å². The Kier molecular flexibility index (Phi) is 4.63. The molecular weight excluding hydrogens is 248 g/mol. The molecular formula is C13H22N2O4. The van der Waals surface area contributed by atoms with Gasteiger partial charge in [0, 0.05) is 12.6 Å². The predicted molar refractivity (Wildman–Crippen MR) is 68.9 cm³/mol. The second-order valence-electron chi connectivity index (χ2n) is 5.53. The lowest BCUT2D eigenvalue weighted by Crippen LogP contribution is -2.57. The van der Waals surface area contributed by atoms with Gasteiger partial charge in [0.2, 0.25) is 0 Å². The smallest absolute Gasteiger partial charge is 0.328 e. The van der Waals surface area contributed by atoms with Crippen LogP contribution in [0.5, 0.6) is 0 Å². The number of morpholine rings is 1. The Morgan fingerprint density at radius 3 is 2.58 bits per heavy atom. The van der Waals surface area contributed by atoms with Crippen molar-refractivity contribution in [3.63, 3.8) is 0 Å². The lowest BCUT2D eigenvalue weighted by Gasteiger charge is -2.35. The molecule has 0 aromatic carbocycles. The molecule has 1 aliphatic carbocycles. The van der Waals surface area contributed by atoms with E-state index in [1.54, 1.807) is 0 Å². The average Bonchev–Trinajstić information content (AvgIpc) is 2.41. The Hall–Kier alpha value is -1.30. The van der Waals surface area contributed by atoms with Gasteiger partial charge in [-0.05, 0) is 31.6 Å². The second kappa shape index (κ2) is 6.23. The summed E-state index contributed by atoms with van der Waals surface area (Å²) in [6, 6.07) is -0.951. The normalized spacial score (nSPS) is 31.8. The molecule has 1 heterocycles. The van der Waals surface area contributed by atoms with Gasteiger partial charge in [-0.1, -0.05) is 6.92 Å². The van der Waals surface area contributed by atoms with Gasteiger partial charge < -0.3 is 20.1 Å². The largest absolute Gasteiger partial charge is 0.480 e. The molecule has 108 valence electrons. The van der Waals surface area contributed by atoms with Crippen LogP contribution < -0.4 is 5.32 Å². The van der Waals surface area contributed by atoms with E-state index in [4.69, 9.17) is 9.84 Å². The zero-order chi connectivity index (χ0) is 13.8. The maximum absolute atomic E-state index is 12.2. The molecule has 2 N–H and O–H groups in total. The highest BCUT2D eigenvalue weighted by molar-refractivity contribution is 5.83. The molecule has 1 saturated heterocycles. The number of rotatable bonds is 2. The van der Waals surface area contributed by atoms with Crippen molar-refractivity contribution in [3.05, 3.63) is 0 Å². The Bertz CT molecular complexity index is 340. The number of urea groups is 1. The molecule has 0 aromatic rings. The number of ether oxygens (including phenoxy) is 1. The number of carboxylic acids is 1. The first kappa shape index (κ1) is 14.1. The van der Waals surface area contributed by atoms with Gasteiger partial charge in [0.05, 0.1) is 13.2 Å². The third-order valence-corrected chi connectivity index (χ3v) is 4.02. The van der Waals surface area contributed by atoms with Crippen molar-refractivity contribution in [3.8, 4) is 0 Å². The van der Waals surface area contributed by atoms with Crippen molar-refractivity contribution >= 4 is 12.0 Å². The van der Waals surface area contributed by atoms with E-state index in [0.717, 1.165) is 31.6 Å². The van der Waals surface area contributed by atoms with E-state index in [0.29, 0.717) is 13.2 Å². The summed E-state index contributed by atoms with van der Waals surface area (Å²) in [5.74, 6) is -0.282. The van der Waals surface area contributed by atoms with Crippen LogP contribution in [-0.2, 0) is 9.53 Å². The highest BCUT2D eigenvalue weighted by atomic mass is 16.5. The van der Waals surface area contributed by atoms with Crippen LogP contribution in [0.3, 0.4) is 0 Å². The zero-order valence-corrected chi connectivity index (χ0v) is 11.3. The number of hydrogen-bond acceptors (Lipinski definition) is 3. The summed E-state index contributed by atoms with van der Waals surface area (Å²) in [6.07, 6.45) is 4.21. The molecule has 2 aliphatic rings. The van der Waals surface area contributed by atoms with Crippen LogP contribution in [0.2, 0.25) is 0 Å². The monoisotopic (exact) mass is 270 g/mol. The second-order valence-corrected chi connectivity index (χ2v) is 5.53. The van der Waals surface area contributed by atoms with E-state index in [1.165, 1.54) is 4.90 Å². The topological polar surface area (TPSA) is 78.9 Å². The first-order valence-electron chi connectivity index (χ1n) is 6.95. The van der Waals surface area contributed by atoms with Crippen molar-refractivity contribution in [1.82, 2.24) is 10.2 Å². The van der Waals surface area contributed by atoms with Crippen LogP contribution in [0.25, 0.3) is 0 Å². The van der Waals surface area contributed by atoms with Gasteiger partial charge >= 0.3 is 12.0 Å². The minimum atomic E-state index is -1.01. The predicted octanol–water partition coefficient (Wildman–Crippen LogP) is 1.06. The first-order chi connectivity index (χ1) is 9.08. The Morgan fingerprint density at radius 2 is 1.95 bits per heavy atom. The molecule has 2 amide bonds. The fourth-order valence-corrected chi connectivity index (χ4v) is 2.71. The number of carbonyl (C=O) groups excluding carboxylic acids is 1. The minimum absolute atomic E-state index is 0.0739. The molecule has 19 heavy (non-hydrogen) atoms. The number of carbonyl (C=O) groups is 2. The molecule has 0 bridgehead atoms. The van der Waals surface area contributed by atoms with Crippen molar-refractivity contribution < 1.29 is 19.4 Å². The highest BCUT2D eigenvalue weighted by Gasteiger charge is 2.33. The van der Waals surface area contributed by atoms with Crippen LogP contribution in [-0.4, -0.2) is 53.8 Å². The Morgan fingerprint density at radius 1 is 1.26 bits per heavy atom. The highest BCUT2D eigenvalue weighted by Crippen LogP contribution is 2.23. The van der Waals surface area contributed by atoms with E-state index in [1.807, 2.05) is 0 Å². The van der Waals surface area contributed by atoms with Gasteiger partial charge in [0.1, 0.15) is 0 Å². The average molecular weight is 270 g/mol. The van der Waals surface area contributed by atoms with Gasteiger partial charge in [0.25, 0.3) is 0 Å². The van der Waals surface area contributed by atoms with Gasteiger partial charge in [-0.15, -0.1) is 0 Å². The van der Waals surface area contributed by atoms with Crippen molar-refractivity contribution in [2.24, 2.45) is 5.92 Å². The summed E-state index contributed by atoms with van der Waals surface area (Å²) < 4.78 is 5.13. The lowest BCUT2D eigenvalue weighted by molar-refractivity contribution is -0.147. The van der Waals surface area contributed by atoms with Gasteiger partial charge in [-0.2, -0.15) is 0 Å². The summed E-state index contributed by atoms with van der Waals surface area (Å²) in [5.41, 5.74) is 0. The van der Waals surface area contributed by atoms with Crippen LogP contribution in [0.1, 0.15) is 32.6 Å². The molecule has 6 heteroatoms. The maximum Gasteiger partial charge on any atom is 0.328 e. The molecule has 1 saturated carbocycles. The van der Waals surface area contributed by atoms with Gasteiger partial charge in [-0.3, -0.25) is 0 Å². The summed E-state index contributed by atoms with van der Waals surface area (Å²) in [5, 5.41) is 12.1. The molecule has 6 nitrogen and oxygen atoms in total. The summed E-state index contributed by atoms with van der Waals surface area (Å²) in [6.45, 7) is 3.04. The van der Waals surface area contributed by atoms with E-state index in [2.05, 4.69) is 12.2 Å². The van der Waals surface area contributed by atoms with Crippen molar-refractivity contribution in [1.29, 1.82) is 0 Å². The standard InChI is InChI=1S/C13H22N2O4/c1-9-2-4-10(5-3-9)14-13(18)15-6-7-19-8-11(15)12(16)17/h9-11H,2-8H2,1H3,(H,14,18)(H,16,17). The summed E-state index contributed by atoms with van der Waals surface area (Å²) in [4.78, 5) is 24.6. The van der Waals surface area contributed by atoms with Crippen LogP contribution in [0.4, 0.5) is 4.79 Å².